The van der Waals surface area contributed by atoms with Gasteiger partial charge in [-0.2, -0.15) is 0 Å². The molecule has 6 nitrogen and oxygen atoms in total. The third kappa shape index (κ3) is 4.40. The molecule has 0 saturated heterocycles. The van der Waals surface area contributed by atoms with Gasteiger partial charge in [0.2, 0.25) is 5.55 Å². The number of phenolic OH excluding ortho intramolecular Hbond substituents is 1. The maximum atomic E-state index is 13.0. The van der Waals surface area contributed by atoms with Crippen LogP contribution in [0.2, 0.25) is 10.0 Å². The summed E-state index contributed by atoms with van der Waals surface area (Å²) in [6.45, 7) is 0. The first kappa shape index (κ1) is 19.8. The van der Waals surface area contributed by atoms with Crippen molar-refractivity contribution in [2.45, 2.75) is 0 Å². The van der Waals surface area contributed by atoms with E-state index in [4.69, 9.17) is 27.6 Å². The van der Waals surface area contributed by atoms with E-state index >= 15 is 0 Å². The van der Waals surface area contributed by atoms with Crippen molar-refractivity contribution >= 4 is 51.5 Å². The number of benzene rings is 3. The molecular formula is C22H15Cl2N3O3. The smallest absolute Gasteiger partial charge is 0.261 e. The largest absolute Gasteiger partial charge is 0.508 e. The molecule has 0 bridgehead atoms. The van der Waals surface area contributed by atoms with Crippen molar-refractivity contribution < 1.29 is 14.3 Å². The number of rotatable bonds is 4. The highest BCUT2D eigenvalue weighted by Gasteiger charge is 2.15. The van der Waals surface area contributed by atoms with E-state index in [1.165, 1.54) is 18.2 Å². The van der Waals surface area contributed by atoms with E-state index in [0.717, 1.165) is 5.69 Å². The zero-order valence-corrected chi connectivity index (χ0v) is 16.9. The summed E-state index contributed by atoms with van der Waals surface area (Å²) < 4.78 is 5.80. The Kier molecular flexibility index (Phi) is 5.61. The van der Waals surface area contributed by atoms with Crippen LogP contribution < -0.4 is 16.3 Å². The fraction of sp³-hybridized carbons (Fsp3) is 0. The highest BCUT2D eigenvalue weighted by atomic mass is 35.5. The molecule has 0 radical (unpaired) electrons. The number of fused-ring (bicyclic) bond motifs is 1. The number of phenols is 1. The van der Waals surface area contributed by atoms with Gasteiger partial charge in [-0.3, -0.25) is 10.2 Å². The Morgan fingerprint density at radius 1 is 0.967 bits per heavy atom. The molecule has 0 aliphatic rings. The zero-order valence-electron chi connectivity index (χ0n) is 15.4. The molecule has 0 spiro atoms. The van der Waals surface area contributed by atoms with Gasteiger partial charge in [0.25, 0.3) is 5.91 Å². The second-order valence-electron chi connectivity index (χ2n) is 6.36. The molecule has 0 unspecified atom stereocenters. The first-order valence-electron chi connectivity index (χ1n) is 8.88. The van der Waals surface area contributed by atoms with E-state index < -0.39 is 5.91 Å². The lowest BCUT2D eigenvalue weighted by molar-refractivity contribution is 0.102. The molecule has 0 aliphatic heterocycles. The molecule has 3 N–H and O–H groups in total. The Morgan fingerprint density at radius 2 is 1.77 bits per heavy atom. The van der Waals surface area contributed by atoms with Crippen molar-refractivity contribution in [3.63, 3.8) is 0 Å². The van der Waals surface area contributed by atoms with Crippen molar-refractivity contribution in [1.82, 2.24) is 0 Å². The molecule has 150 valence electrons. The first-order valence-corrected chi connectivity index (χ1v) is 9.63. The molecule has 8 heteroatoms. The molecule has 1 heterocycles. The van der Waals surface area contributed by atoms with Crippen LogP contribution in [-0.2, 0) is 0 Å². The standard InChI is InChI=1S/C22H15Cl2N3O3/c23-14-7-9-19(18(24)11-14)25-21(29)17-10-13-6-8-16(28)12-20(13)30-22(17)27-26-15-4-2-1-3-5-15/h1-12,26,28H,(H,25,29)/b27-22-. The molecule has 0 atom stereocenters. The number of aromatic hydroxyl groups is 1. The van der Waals surface area contributed by atoms with Crippen LogP contribution in [0.25, 0.3) is 11.0 Å². The van der Waals surface area contributed by atoms with E-state index in [0.29, 0.717) is 26.7 Å². The van der Waals surface area contributed by atoms with Gasteiger partial charge in [-0.1, -0.05) is 41.4 Å². The Bertz CT molecular complexity index is 1300. The maximum absolute atomic E-state index is 13.0. The molecule has 4 aromatic rings. The number of carbonyl (C=O) groups excluding carboxylic acids is 1. The minimum absolute atomic E-state index is 0.0402. The van der Waals surface area contributed by atoms with Gasteiger partial charge in [0, 0.05) is 16.5 Å². The highest BCUT2D eigenvalue weighted by molar-refractivity contribution is 6.36. The van der Waals surface area contributed by atoms with Gasteiger partial charge < -0.3 is 14.8 Å². The number of para-hydroxylation sites is 1. The van der Waals surface area contributed by atoms with E-state index in [2.05, 4.69) is 15.8 Å². The number of carbonyl (C=O) groups is 1. The number of nitrogens with zero attached hydrogens (tertiary/aromatic N) is 1. The molecule has 4 rings (SSSR count). The lowest BCUT2D eigenvalue weighted by Gasteiger charge is -2.09. The van der Waals surface area contributed by atoms with Gasteiger partial charge in [-0.25, -0.2) is 0 Å². The van der Waals surface area contributed by atoms with Gasteiger partial charge in [0.15, 0.2) is 0 Å². The van der Waals surface area contributed by atoms with Gasteiger partial charge in [0.1, 0.15) is 16.9 Å². The highest BCUT2D eigenvalue weighted by Crippen LogP contribution is 2.26. The van der Waals surface area contributed by atoms with Crippen molar-refractivity contribution in [2.75, 3.05) is 10.7 Å². The fourth-order valence-corrected chi connectivity index (χ4v) is 3.22. The second kappa shape index (κ2) is 8.49. The quantitative estimate of drug-likeness (QED) is 0.359. The Hall–Kier alpha value is -3.48. The van der Waals surface area contributed by atoms with Crippen molar-refractivity contribution in [3.8, 4) is 5.75 Å². The topological polar surface area (TPSA) is 86.9 Å². The molecule has 1 aromatic heterocycles. The van der Waals surface area contributed by atoms with E-state index in [1.54, 1.807) is 24.3 Å². The second-order valence-corrected chi connectivity index (χ2v) is 7.20. The van der Waals surface area contributed by atoms with E-state index in [9.17, 15) is 9.90 Å². The average Bonchev–Trinajstić information content (AvgIpc) is 2.74. The number of anilines is 2. The summed E-state index contributed by atoms with van der Waals surface area (Å²) in [5.74, 6) is -0.426. The Balaban J connectivity index is 1.77. The van der Waals surface area contributed by atoms with Gasteiger partial charge in [-0.15, -0.1) is 5.10 Å². The summed E-state index contributed by atoms with van der Waals surface area (Å²) in [4.78, 5) is 13.0. The van der Waals surface area contributed by atoms with Gasteiger partial charge >= 0.3 is 0 Å². The lowest BCUT2D eigenvalue weighted by Crippen LogP contribution is -2.22. The van der Waals surface area contributed by atoms with Crippen molar-refractivity contribution in [3.05, 3.63) is 94.0 Å². The molecule has 30 heavy (non-hydrogen) atoms. The summed E-state index contributed by atoms with van der Waals surface area (Å²) in [6.07, 6.45) is 0. The Morgan fingerprint density at radius 3 is 2.53 bits per heavy atom. The number of nitrogens with one attached hydrogen (secondary N) is 2. The van der Waals surface area contributed by atoms with E-state index in [-0.39, 0.29) is 16.9 Å². The summed E-state index contributed by atoms with van der Waals surface area (Å²) in [6, 6.07) is 20.2. The molecular weight excluding hydrogens is 425 g/mol. The van der Waals surface area contributed by atoms with Crippen LogP contribution in [0.5, 0.6) is 5.75 Å². The number of hydrogen-bond acceptors (Lipinski definition) is 5. The van der Waals surface area contributed by atoms with Crippen molar-refractivity contribution in [1.29, 1.82) is 0 Å². The third-order valence-corrected chi connectivity index (χ3v) is 4.77. The van der Waals surface area contributed by atoms with Crippen LogP contribution in [-0.4, -0.2) is 11.0 Å². The summed E-state index contributed by atoms with van der Waals surface area (Å²) >= 11 is 12.1. The van der Waals surface area contributed by atoms with Crippen LogP contribution in [0, 0.1) is 0 Å². The monoisotopic (exact) mass is 439 g/mol. The minimum atomic E-state index is -0.466. The SMILES string of the molecule is O=C(Nc1ccc(Cl)cc1Cl)c1cc2ccc(O)cc2o/c1=N\Nc1ccccc1. The predicted molar refractivity (Wildman–Crippen MR) is 118 cm³/mol. The number of amides is 1. The van der Waals surface area contributed by atoms with Crippen LogP contribution >= 0.6 is 23.2 Å². The minimum Gasteiger partial charge on any atom is -0.508 e. The number of hydrogen-bond donors (Lipinski definition) is 3. The molecule has 3 aromatic carbocycles. The predicted octanol–water partition coefficient (Wildman–Crippen LogP) is 5.63. The summed E-state index contributed by atoms with van der Waals surface area (Å²) in [5, 5.41) is 18.1. The summed E-state index contributed by atoms with van der Waals surface area (Å²) in [7, 11) is 0. The molecule has 0 fully saturated rings. The van der Waals surface area contributed by atoms with E-state index in [1.807, 2.05) is 30.3 Å². The molecule has 0 saturated carbocycles. The molecule has 1 amide bonds. The fourth-order valence-electron chi connectivity index (χ4n) is 2.76. The number of halogens is 2. The van der Waals surface area contributed by atoms with Gasteiger partial charge in [-0.05, 0) is 48.5 Å². The van der Waals surface area contributed by atoms with Gasteiger partial charge in [0.05, 0.1) is 16.4 Å². The zero-order chi connectivity index (χ0) is 21.1. The van der Waals surface area contributed by atoms with Crippen LogP contribution in [0.15, 0.2) is 82.3 Å². The van der Waals surface area contributed by atoms with Crippen LogP contribution in [0.3, 0.4) is 0 Å². The normalized spacial score (nSPS) is 11.5. The van der Waals surface area contributed by atoms with Crippen LogP contribution in [0.1, 0.15) is 10.4 Å². The lowest BCUT2D eigenvalue weighted by atomic mass is 10.1. The summed E-state index contributed by atoms with van der Waals surface area (Å²) in [5.41, 5.74) is 4.59. The van der Waals surface area contributed by atoms with Crippen LogP contribution in [0.4, 0.5) is 11.4 Å². The average molecular weight is 440 g/mol. The third-order valence-electron chi connectivity index (χ3n) is 4.22. The first-order chi connectivity index (χ1) is 14.5. The Labute approximate surface area is 181 Å². The van der Waals surface area contributed by atoms with Crippen molar-refractivity contribution in [2.24, 2.45) is 5.10 Å². The maximum Gasteiger partial charge on any atom is 0.261 e. The molecule has 0 aliphatic carbocycles.